The van der Waals surface area contributed by atoms with Gasteiger partial charge < -0.3 is 11.1 Å². The highest BCUT2D eigenvalue weighted by Gasteiger charge is 2.27. The Labute approximate surface area is 117 Å². The van der Waals surface area contributed by atoms with Gasteiger partial charge in [0.15, 0.2) is 0 Å². The SMILES string of the molecule is NCCNc1cnn(-c2cccc(F)c2)c1C1CCC1. The first-order valence-corrected chi connectivity index (χ1v) is 7.07. The molecule has 1 aromatic heterocycles. The molecule has 0 unspecified atom stereocenters. The lowest BCUT2D eigenvalue weighted by Gasteiger charge is -2.27. The summed E-state index contributed by atoms with van der Waals surface area (Å²) < 4.78 is 15.3. The number of benzene rings is 1. The van der Waals surface area contributed by atoms with Crippen molar-refractivity contribution in [2.45, 2.75) is 25.2 Å². The number of anilines is 1. The van der Waals surface area contributed by atoms with Gasteiger partial charge in [-0.1, -0.05) is 12.5 Å². The molecule has 0 aliphatic heterocycles. The molecule has 3 rings (SSSR count). The highest BCUT2D eigenvalue weighted by Crippen LogP contribution is 2.40. The molecule has 1 aromatic carbocycles. The van der Waals surface area contributed by atoms with Crippen LogP contribution in [0.1, 0.15) is 30.9 Å². The Morgan fingerprint density at radius 1 is 1.40 bits per heavy atom. The van der Waals surface area contributed by atoms with Gasteiger partial charge in [0, 0.05) is 19.0 Å². The maximum atomic E-state index is 13.4. The fraction of sp³-hybridized carbons (Fsp3) is 0.400. The Bertz CT molecular complexity index is 589. The van der Waals surface area contributed by atoms with E-state index in [4.69, 9.17) is 5.73 Å². The van der Waals surface area contributed by atoms with E-state index in [-0.39, 0.29) is 5.82 Å². The smallest absolute Gasteiger partial charge is 0.125 e. The summed E-state index contributed by atoms with van der Waals surface area (Å²) in [6, 6.07) is 6.56. The number of hydrogen-bond donors (Lipinski definition) is 2. The highest BCUT2D eigenvalue weighted by molar-refractivity contribution is 5.52. The average molecular weight is 274 g/mol. The zero-order valence-corrected chi connectivity index (χ0v) is 11.3. The first kappa shape index (κ1) is 13.1. The van der Waals surface area contributed by atoms with Crippen molar-refractivity contribution in [2.24, 2.45) is 5.73 Å². The van der Waals surface area contributed by atoms with Crippen molar-refractivity contribution in [3.05, 3.63) is 42.0 Å². The van der Waals surface area contributed by atoms with Gasteiger partial charge in [-0.05, 0) is 31.0 Å². The summed E-state index contributed by atoms with van der Waals surface area (Å²) >= 11 is 0. The van der Waals surface area contributed by atoms with E-state index in [1.807, 2.05) is 16.9 Å². The van der Waals surface area contributed by atoms with Gasteiger partial charge in [-0.3, -0.25) is 0 Å². The first-order chi connectivity index (χ1) is 9.79. The molecule has 4 nitrogen and oxygen atoms in total. The number of halogens is 1. The zero-order valence-electron chi connectivity index (χ0n) is 11.3. The summed E-state index contributed by atoms with van der Waals surface area (Å²) in [6.45, 7) is 1.30. The van der Waals surface area contributed by atoms with Gasteiger partial charge in [0.1, 0.15) is 5.82 Å². The van der Waals surface area contributed by atoms with Crippen molar-refractivity contribution < 1.29 is 4.39 Å². The van der Waals surface area contributed by atoms with E-state index in [9.17, 15) is 4.39 Å². The van der Waals surface area contributed by atoms with Crippen LogP contribution in [-0.4, -0.2) is 22.9 Å². The van der Waals surface area contributed by atoms with Crippen LogP contribution in [0.3, 0.4) is 0 Å². The van der Waals surface area contributed by atoms with Crippen LogP contribution in [-0.2, 0) is 0 Å². The predicted molar refractivity (Wildman–Crippen MR) is 77.7 cm³/mol. The van der Waals surface area contributed by atoms with Gasteiger partial charge in [-0.15, -0.1) is 0 Å². The van der Waals surface area contributed by atoms with Crippen molar-refractivity contribution in [1.82, 2.24) is 9.78 Å². The van der Waals surface area contributed by atoms with Crippen LogP contribution in [0.15, 0.2) is 30.5 Å². The number of nitrogens with two attached hydrogens (primary N) is 1. The minimum absolute atomic E-state index is 0.242. The summed E-state index contributed by atoms with van der Waals surface area (Å²) in [5.74, 6) is 0.259. The first-order valence-electron chi connectivity index (χ1n) is 7.07. The molecule has 20 heavy (non-hydrogen) atoms. The lowest BCUT2D eigenvalue weighted by atomic mass is 9.82. The fourth-order valence-corrected chi connectivity index (χ4v) is 2.59. The van der Waals surface area contributed by atoms with Crippen LogP contribution in [0.2, 0.25) is 0 Å². The minimum Gasteiger partial charge on any atom is -0.381 e. The molecule has 2 aromatic rings. The molecule has 1 aliphatic carbocycles. The second kappa shape index (κ2) is 5.63. The fourth-order valence-electron chi connectivity index (χ4n) is 2.59. The van der Waals surface area contributed by atoms with Gasteiger partial charge in [0.2, 0.25) is 0 Å². The van der Waals surface area contributed by atoms with Gasteiger partial charge in [0.05, 0.1) is 23.3 Å². The Morgan fingerprint density at radius 3 is 2.90 bits per heavy atom. The lowest BCUT2D eigenvalue weighted by Crippen LogP contribution is -2.18. The summed E-state index contributed by atoms with van der Waals surface area (Å²) in [4.78, 5) is 0. The maximum absolute atomic E-state index is 13.4. The summed E-state index contributed by atoms with van der Waals surface area (Å²) in [5, 5.41) is 7.74. The molecule has 5 heteroatoms. The van der Waals surface area contributed by atoms with Crippen LogP contribution < -0.4 is 11.1 Å². The summed E-state index contributed by atoms with van der Waals surface area (Å²) in [7, 11) is 0. The van der Waals surface area contributed by atoms with E-state index in [1.165, 1.54) is 18.6 Å². The lowest BCUT2D eigenvalue weighted by molar-refractivity contribution is 0.404. The van der Waals surface area contributed by atoms with Crippen LogP contribution in [0.25, 0.3) is 5.69 Å². The van der Waals surface area contributed by atoms with Crippen molar-refractivity contribution in [1.29, 1.82) is 0 Å². The van der Waals surface area contributed by atoms with Gasteiger partial charge in [-0.2, -0.15) is 5.10 Å². The molecule has 0 spiro atoms. The topological polar surface area (TPSA) is 55.9 Å². The third-order valence-corrected chi connectivity index (χ3v) is 3.81. The third kappa shape index (κ3) is 2.41. The van der Waals surface area contributed by atoms with Crippen LogP contribution in [0.5, 0.6) is 0 Å². The number of aromatic nitrogens is 2. The second-order valence-electron chi connectivity index (χ2n) is 5.18. The van der Waals surface area contributed by atoms with E-state index >= 15 is 0 Å². The highest BCUT2D eigenvalue weighted by atomic mass is 19.1. The van der Waals surface area contributed by atoms with Crippen LogP contribution in [0, 0.1) is 5.82 Å². The van der Waals surface area contributed by atoms with Crippen molar-refractivity contribution in [3.63, 3.8) is 0 Å². The minimum atomic E-state index is -0.242. The zero-order chi connectivity index (χ0) is 13.9. The molecule has 3 N–H and O–H groups in total. The van der Waals surface area contributed by atoms with E-state index < -0.39 is 0 Å². The molecule has 1 saturated carbocycles. The summed E-state index contributed by atoms with van der Waals surface area (Å²) in [6.07, 6.45) is 5.39. The van der Waals surface area contributed by atoms with Crippen LogP contribution in [0.4, 0.5) is 10.1 Å². The van der Waals surface area contributed by atoms with Crippen molar-refractivity contribution >= 4 is 5.69 Å². The average Bonchev–Trinajstić information content (AvgIpc) is 2.78. The van der Waals surface area contributed by atoms with E-state index in [0.29, 0.717) is 19.0 Å². The van der Waals surface area contributed by atoms with Gasteiger partial charge in [0.25, 0.3) is 0 Å². The second-order valence-corrected chi connectivity index (χ2v) is 5.18. The molecule has 0 amide bonds. The standard InChI is InChI=1S/C15H19FN4/c16-12-5-2-6-13(9-12)20-15(11-3-1-4-11)14(10-19-20)18-8-7-17/h2,5-6,9-11,18H,1,3-4,7-8,17H2. The Hall–Kier alpha value is -1.88. The largest absolute Gasteiger partial charge is 0.381 e. The van der Waals surface area contributed by atoms with Crippen LogP contribution >= 0.6 is 0 Å². The van der Waals surface area contributed by atoms with E-state index in [0.717, 1.165) is 29.9 Å². The molecule has 0 saturated heterocycles. The molecule has 1 fully saturated rings. The maximum Gasteiger partial charge on any atom is 0.125 e. The number of rotatable bonds is 5. The molecule has 0 radical (unpaired) electrons. The number of hydrogen-bond acceptors (Lipinski definition) is 3. The molecule has 0 bridgehead atoms. The molecule has 0 atom stereocenters. The normalized spacial score (nSPS) is 15.1. The molecule has 106 valence electrons. The molecular weight excluding hydrogens is 255 g/mol. The quantitative estimate of drug-likeness (QED) is 0.881. The summed E-state index contributed by atoms with van der Waals surface area (Å²) in [5.41, 5.74) is 8.48. The third-order valence-electron chi connectivity index (χ3n) is 3.81. The van der Waals surface area contributed by atoms with Crippen molar-refractivity contribution in [3.8, 4) is 5.69 Å². The molecular formula is C15H19FN4. The molecule has 1 heterocycles. The molecule has 1 aliphatic rings. The van der Waals surface area contributed by atoms with Gasteiger partial charge in [-0.25, -0.2) is 9.07 Å². The van der Waals surface area contributed by atoms with E-state index in [2.05, 4.69) is 10.4 Å². The Kier molecular flexibility index (Phi) is 3.69. The predicted octanol–water partition coefficient (Wildman–Crippen LogP) is 2.65. The number of nitrogens with one attached hydrogen (secondary N) is 1. The van der Waals surface area contributed by atoms with E-state index in [1.54, 1.807) is 6.07 Å². The monoisotopic (exact) mass is 274 g/mol. The van der Waals surface area contributed by atoms with Gasteiger partial charge >= 0.3 is 0 Å². The Morgan fingerprint density at radius 2 is 2.25 bits per heavy atom. The Balaban J connectivity index is 1.99. The van der Waals surface area contributed by atoms with Crippen molar-refractivity contribution in [2.75, 3.05) is 18.4 Å². The number of nitrogens with zero attached hydrogens (tertiary/aromatic N) is 2.